The zero-order valence-electron chi connectivity index (χ0n) is 19.9. The van der Waals surface area contributed by atoms with Crippen LogP contribution in [0.15, 0.2) is 64.4 Å². The quantitative estimate of drug-likeness (QED) is 0.459. The van der Waals surface area contributed by atoms with Gasteiger partial charge in [-0.25, -0.2) is 14.3 Å². The number of aromatic nitrogens is 4. The molecular formula is C26H29N5O3. The van der Waals surface area contributed by atoms with E-state index in [0.29, 0.717) is 23.4 Å². The molecule has 0 atom stereocenters. The molecule has 34 heavy (non-hydrogen) atoms. The number of benzene rings is 2. The number of nitrogens with zero attached hydrogens (tertiary/aromatic N) is 4. The minimum atomic E-state index is -0.562. The van der Waals surface area contributed by atoms with Gasteiger partial charge in [-0.1, -0.05) is 62.4 Å². The maximum atomic E-state index is 13.5. The van der Waals surface area contributed by atoms with Crippen molar-refractivity contribution in [1.82, 2.24) is 18.7 Å². The maximum absolute atomic E-state index is 13.5. The molecule has 0 aliphatic carbocycles. The van der Waals surface area contributed by atoms with Gasteiger partial charge in [0.2, 0.25) is 5.91 Å². The molecule has 0 aliphatic heterocycles. The van der Waals surface area contributed by atoms with Crippen molar-refractivity contribution >= 4 is 22.8 Å². The number of fused-ring (bicyclic) bond motifs is 1. The van der Waals surface area contributed by atoms with Crippen LogP contribution in [0.25, 0.3) is 11.2 Å². The first-order valence-corrected chi connectivity index (χ1v) is 11.3. The molecule has 4 aromatic rings. The molecule has 0 aliphatic rings. The van der Waals surface area contributed by atoms with Crippen molar-refractivity contribution in [3.63, 3.8) is 0 Å². The summed E-state index contributed by atoms with van der Waals surface area (Å²) in [7, 11) is 0. The number of amides is 1. The van der Waals surface area contributed by atoms with Crippen LogP contribution in [0.4, 0.5) is 5.69 Å². The standard InChI is InChI=1S/C26H29N5O3/c1-17(2)13-29-16-27-24-23(29)25(33)31(26(34)30(24)14-20-11-6-5-7-12-20)15-21(32)28-22-18(3)9-8-10-19(22)4/h5-12,16-17H,13-15H2,1-4H3,(H,28,32). The Balaban J connectivity index is 1.81. The van der Waals surface area contributed by atoms with E-state index in [4.69, 9.17) is 0 Å². The molecule has 8 nitrogen and oxygen atoms in total. The molecule has 176 valence electrons. The summed E-state index contributed by atoms with van der Waals surface area (Å²) in [4.78, 5) is 44.3. The lowest BCUT2D eigenvalue weighted by Crippen LogP contribution is -2.43. The van der Waals surface area contributed by atoms with Gasteiger partial charge in [0.15, 0.2) is 11.2 Å². The van der Waals surface area contributed by atoms with Crippen LogP contribution in [0, 0.1) is 19.8 Å². The van der Waals surface area contributed by atoms with Crippen LogP contribution in [0.1, 0.15) is 30.5 Å². The van der Waals surface area contributed by atoms with Crippen molar-refractivity contribution in [1.29, 1.82) is 0 Å². The van der Waals surface area contributed by atoms with Gasteiger partial charge >= 0.3 is 5.69 Å². The lowest BCUT2D eigenvalue weighted by molar-refractivity contribution is -0.116. The second kappa shape index (κ2) is 9.51. The fourth-order valence-electron chi connectivity index (χ4n) is 4.15. The Morgan fingerprint density at radius 3 is 2.29 bits per heavy atom. The highest BCUT2D eigenvalue weighted by Crippen LogP contribution is 2.19. The molecule has 0 radical (unpaired) electrons. The van der Waals surface area contributed by atoms with E-state index in [1.807, 2.05) is 76.2 Å². The van der Waals surface area contributed by atoms with E-state index in [1.54, 1.807) is 10.9 Å². The fraction of sp³-hybridized carbons (Fsp3) is 0.308. The monoisotopic (exact) mass is 459 g/mol. The minimum absolute atomic E-state index is 0.244. The molecule has 1 amide bonds. The first-order chi connectivity index (χ1) is 16.3. The van der Waals surface area contributed by atoms with Gasteiger partial charge in [-0.05, 0) is 36.5 Å². The largest absolute Gasteiger partial charge is 0.333 e. The summed E-state index contributed by atoms with van der Waals surface area (Å²) >= 11 is 0. The summed E-state index contributed by atoms with van der Waals surface area (Å²) in [5.41, 5.74) is 2.98. The second-order valence-electron chi connectivity index (χ2n) is 9.02. The summed E-state index contributed by atoms with van der Waals surface area (Å²) in [5, 5.41) is 2.87. The molecular weight excluding hydrogens is 430 g/mol. The van der Waals surface area contributed by atoms with Crippen LogP contribution in [-0.4, -0.2) is 24.6 Å². The van der Waals surface area contributed by atoms with E-state index in [2.05, 4.69) is 10.3 Å². The van der Waals surface area contributed by atoms with Crippen molar-refractivity contribution in [2.45, 2.75) is 47.3 Å². The minimum Gasteiger partial charge on any atom is -0.324 e. The average Bonchev–Trinajstić information content (AvgIpc) is 3.20. The number of hydrogen-bond acceptors (Lipinski definition) is 4. The van der Waals surface area contributed by atoms with Crippen LogP contribution in [0.2, 0.25) is 0 Å². The number of aryl methyl sites for hydroxylation is 2. The number of nitrogens with one attached hydrogen (secondary N) is 1. The molecule has 0 bridgehead atoms. The van der Waals surface area contributed by atoms with Gasteiger partial charge in [0, 0.05) is 12.2 Å². The van der Waals surface area contributed by atoms with Gasteiger partial charge in [0.1, 0.15) is 6.54 Å². The Morgan fingerprint density at radius 1 is 0.971 bits per heavy atom. The van der Waals surface area contributed by atoms with Crippen molar-refractivity contribution in [3.05, 3.63) is 92.4 Å². The van der Waals surface area contributed by atoms with Gasteiger partial charge in [0.25, 0.3) is 5.56 Å². The number of imidazole rings is 1. The van der Waals surface area contributed by atoms with Crippen LogP contribution in [0.3, 0.4) is 0 Å². The number of hydrogen-bond donors (Lipinski definition) is 1. The lowest BCUT2D eigenvalue weighted by Gasteiger charge is -2.15. The summed E-state index contributed by atoms with van der Waals surface area (Å²) in [5.74, 6) is -0.163. The average molecular weight is 460 g/mol. The molecule has 0 saturated carbocycles. The first kappa shape index (κ1) is 23.2. The predicted octanol–water partition coefficient (Wildman–Crippen LogP) is 3.32. The van der Waals surface area contributed by atoms with Crippen molar-refractivity contribution in [3.8, 4) is 0 Å². The van der Waals surface area contributed by atoms with Gasteiger partial charge < -0.3 is 9.88 Å². The third-order valence-corrected chi connectivity index (χ3v) is 5.78. The maximum Gasteiger partial charge on any atom is 0.333 e. The number of carbonyl (C=O) groups excluding carboxylic acids is 1. The Bertz CT molecular complexity index is 1440. The highest BCUT2D eigenvalue weighted by molar-refractivity contribution is 5.92. The van der Waals surface area contributed by atoms with E-state index >= 15 is 0 Å². The number of para-hydroxylation sites is 1. The smallest absolute Gasteiger partial charge is 0.324 e. The van der Waals surface area contributed by atoms with Crippen molar-refractivity contribution < 1.29 is 4.79 Å². The summed E-state index contributed by atoms with van der Waals surface area (Å²) in [6.45, 7) is 8.32. The zero-order valence-corrected chi connectivity index (χ0v) is 19.9. The zero-order chi connectivity index (χ0) is 24.4. The molecule has 2 heterocycles. The van der Waals surface area contributed by atoms with E-state index in [1.165, 1.54) is 4.57 Å². The SMILES string of the molecule is Cc1cccc(C)c1NC(=O)Cn1c(=O)c2c(ncn2CC(C)C)n(Cc2ccccc2)c1=O. The molecule has 0 spiro atoms. The summed E-state index contributed by atoms with van der Waals surface area (Å²) < 4.78 is 4.24. The van der Waals surface area contributed by atoms with Gasteiger partial charge in [-0.15, -0.1) is 0 Å². The predicted molar refractivity (Wildman–Crippen MR) is 133 cm³/mol. The Morgan fingerprint density at radius 2 is 1.65 bits per heavy atom. The molecule has 1 N–H and O–H groups in total. The van der Waals surface area contributed by atoms with Gasteiger partial charge in [-0.2, -0.15) is 0 Å². The second-order valence-corrected chi connectivity index (χ2v) is 9.02. The first-order valence-electron chi connectivity index (χ1n) is 11.3. The lowest BCUT2D eigenvalue weighted by atomic mass is 10.1. The fourth-order valence-corrected chi connectivity index (χ4v) is 4.15. The number of carbonyl (C=O) groups is 1. The number of rotatable bonds is 7. The third-order valence-electron chi connectivity index (χ3n) is 5.78. The Hall–Kier alpha value is -3.94. The van der Waals surface area contributed by atoms with Crippen LogP contribution in [-0.2, 0) is 24.4 Å². The number of anilines is 1. The molecule has 0 fully saturated rings. The van der Waals surface area contributed by atoms with Gasteiger partial charge in [0.05, 0.1) is 12.9 Å². The molecule has 2 aromatic carbocycles. The molecule has 4 rings (SSSR count). The highest BCUT2D eigenvalue weighted by atomic mass is 16.2. The van der Waals surface area contributed by atoms with Crippen molar-refractivity contribution in [2.75, 3.05) is 5.32 Å². The Labute approximate surface area is 197 Å². The van der Waals surface area contributed by atoms with Crippen LogP contribution >= 0.6 is 0 Å². The highest BCUT2D eigenvalue weighted by Gasteiger charge is 2.20. The summed E-state index contributed by atoms with van der Waals surface area (Å²) in [6, 6.07) is 15.2. The molecule has 0 saturated heterocycles. The van der Waals surface area contributed by atoms with Crippen LogP contribution in [0.5, 0.6) is 0 Å². The van der Waals surface area contributed by atoms with E-state index in [-0.39, 0.29) is 19.0 Å². The third kappa shape index (κ3) is 4.57. The van der Waals surface area contributed by atoms with Gasteiger partial charge in [-0.3, -0.25) is 14.2 Å². The van der Waals surface area contributed by atoms with E-state index in [9.17, 15) is 14.4 Å². The van der Waals surface area contributed by atoms with E-state index in [0.717, 1.165) is 21.3 Å². The topological polar surface area (TPSA) is 90.9 Å². The summed E-state index contributed by atoms with van der Waals surface area (Å²) in [6.07, 6.45) is 1.59. The molecule has 0 unspecified atom stereocenters. The molecule has 8 heteroatoms. The van der Waals surface area contributed by atoms with E-state index < -0.39 is 17.2 Å². The molecule has 2 aromatic heterocycles. The normalized spacial score (nSPS) is 11.3. The van der Waals surface area contributed by atoms with Crippen LogP contribution < -0.4 is 16.6 Å². The van der Waals surface area contributed by atoms with Crippen molar-refractivity contribution in [2.24, 2.45) is 5.92 Å². The Kier molecular flexibility index (Phi) is 6.49.